The van der Waals surface area contributed by atoms with E-state index in [-0.39, 0.29) is 23.2 Å². The summed E-state index contributed by atoms with van der Waals surface area (Å²) >= 11 is 0. The second kappa shape index (κ2) is 6.17. The molecular formula is C12H18ClFN2O2S. The van der Waals surface area contributed by atoms with E-state index < -0.39 is 15.8 Å². The molecule has 1 aliphatic rings. The van der Waals surface area contributed by atoms with E-state index >= 15 is 0 Å². The number of hydrogen-bond acceptors (Lipinski definition) is 3. The number of rotatable bonds is 3. The van der Waals surface area contributed by atoms with E-state index in [1.807, 2.05) is 0 Å². The van der Waals surface area contributed by atoms with Gasteiger partial charge in [-0.25, -0.2) is 12.8 Å². The van der Waals surface area contributed by atoms with Gasteiger partial charge >= 0.3 is 0 Å². The monoisotopic (exact) mass is 308 g/mol. The Balaban J connectivity index is 0.00000180. The molecule has 2 rings (SSSR count). The lowest BCUT2D eigenvalue weighted by Gasteiger charge is -2.17. The summed E-state index contributed by atoms with van der Waals surface area (Å²) in [5.74, 6) is -0.201. The molecule has 1 aromatic carbocycles. The molecule has 1 fully saturated rings. The van der Waals surface area contributed by atoms with Crippen molar-refractivity contribution in [2.24, 2.45) is 11.7 Å². The minimum atomic E-state index is -3.52. The van der Waals surface area contributed by atoms with E-state index in [0.29, 0.717) is 25.2 Å². The Morgan fingerprint density at radius 1 is 1.47 bits per heavy atom. The maximum absolute atomic E-state index is 13.0. The quantitative estimate of drug-likeness (QED) is 0.921. The molecule has 7 heteroatoms. The zero-order valence-corrected chi connectivity index (χ0v) is 12.3. The highest BCUT2D eigenvalue weighted by Gasteiger charge is 2.32. The number of sulfonamides is 1. The van der Waals surface area contributed by atoms with E-state index in [2.05, 4.69) is 0 Å². The molecule has 0 amide bonds. The second-order valence-corrected chi connectivity index (χ2v) is 6.57. The van der Waals surface area contributed by atoms with Crippen molar-refractivity contribution in [1.29, 1.82) is 0 Å². The number of nitrogens with zero attached hydrogens (tertiary/aromatic N) is 1. The maximum Gasteiger partial charge on any atom is 0.243 e. The molecule has 2 N–H and O–H groups in total. The average Bonchev–Trinajstić information content (AvgIpc) is 2.77. The standard InChI is InChI=1S/C12H17FN2O2S.ClH/c1-9-6-11(13)2-3-12(9)18(16,17)15-5-4-10(7-14)8-15;/h2-3,6,10H,4-5,7-8,14H2,1H3;1H. The normalized spacial score (nSPS) is 20.3. The van der Waals surface area contributed by atoms with Crippen LogP contribution in [0.25, 0.3) is 0 Å². The lowest BCUT2D eigenvalue weighted by atomic mass is 10.1. The molecule has 1 unspecified atom stereocenters. The van der Waals surface area contributed by atoms with E-state index in [1.54, 1.807) is 6.92 Å². The number of aryl methyl sites for hydroxylation is 1. The minimum Gasteiger partial charge on any atom is -0.330 e. The van der Waals surface area contributed by atoms with Gasteiger partial charge in [-0.1, -0.05) is 0 Å². The van der Waals surface area contributed by atoms with Gasteiger partial charge in [0.25, 0.3) is 0 Å². The van der Waals surface area contributed by atoms with E-state index in [0.717, 1.165) is 6.42 Å². The van der Waals surface area contributed by atoms with Crippen LogP contribution in [0, 0.1) is 18.7 Å². The van der Waals surface area contributed by atoms with Crippen molar-refractivity contribution in [2.75, 3.05) is 19.6 Å². The van der Waals surface area contributed by atoms with Crippen molar-refractivity contribution >= 4 is 22.4 Å². The van der Waals surface area contributed by atoms with Gasteiger partial charge in [0.15, 0.2) is 0 Å². The van der Waals surface area contributed by atoms with Gasteiger partial charge in [0.1, 0.15) is 5.82 Å². The van der Waals surface area contributed by atoms with Crippen LogP contribution < -0.4 is 5.73 Å². The van der Waals surface area contributed by atoms with Crippen LogP contribution in [0.5, 0.6) is 0 Å². The van der Waals surface area contributed by atoms with Crippen LogP contribution in [0.15, 0.2) is 23.1 Å². The summed E-state index contributed by atoms with van der Waals surface area (Å²) in [6, 6.07) is 3.75. The van der Waals surface area contributed by atoms with Crippen LogP contribution >= 0.6 is 12.4 Å². The van der Waals surface area contributed by atoms with Crippen molar-refractivity contribution in [3.8, 4) is 0 Å². The first-order valence-electron chi connectivity index (χ1n) is 5.91. The molecule has 1 atom stereocenters. The van der Waals surface area contributed by atoms with Gasteiger partial charge in [0, 0.05) is 13.1 Å². The molecule has 0 aromatic heterocycles. The van der Waals surface area contributed by atoms with Gasteiger partial charge < -0.3 is 5.73 Å². The first kappa shape index (κ1) is 16.4. The number of halogens is 2. The van der Waals surface area contributed by atoms with Crippen molar-refractivity contribution in [2.45, 2.75) is 18.2 Å². The zero-order valence-electron chi connectivity index (χ0n) is 10.7. The molecule has 108 valence electrons. The highest BCUT2D eigenvalue weighted by Crippen LogP contribution is 2.26. The largest absolute Gasteiger partial charge is 0.330 e. The van der Waals surface area contributed by atoms with E-state index in [1.165, 1.54) is 22.5 Å². The molecule has 1 aliphatic heterocycles. The van der Waals surface area contributed by atoms with Gasteiger partial charge in [-0.2, -0.15) is 4.31 Å². The smallest absolute Gasteiger partial charge is 0.243 e. The van der Waals surface area contributed by atoms with Gasteiger partial charge in [-0.3, -0.25) is 0 Å². The van der Waals surface area contributed by atoms with Crippen LogP contribution in [0.2, 0.25) is 0 Å². The Labute approximate surface area is 119 Å². The Morgan fingerprint density at radius 2 is 2.16 bits per heavy atom. The molecule has 1 aromatic rings. The molecule has 4 nitrogen and oxygen atoms in total. The third-order valence-corrected chi connectivity index (χ3v) is 5.36. The third kappa shape index (κ3) is 3.25. The molecule has 0 aliphatic carbocycles. The molecule has 0 radical (unpaired) electrons. The summed E-state index contributed by atoms with van der Waals surface area (Å²) in [6.07, 6.45) is 0.788. The van der Waals surface area contributed by atoms with Gasteiger partial charge in [-0.05, 0) is 49.6 Å². The molecule has 0 saturated carbocycles. The SMILES string of the molecule is Cc1cc(F)ccc1S(=O)(=O)N1CCC(CN)C1.Cl. The minimum absolute atomic E-state index is 0. The predicted molar refractivity (Wildman–Crippen MR) is 74.3 cm³/mol. The Morgan fingerprint density at radius 3 is 2.68 bits per heavy atom. The fraction of sp³-hybridized carbons (Fsp3) is 0.500. The summed E-state index contributed by atoms with van der Waals surface area (Å²) in [5, 5.41) is 0. The van der Waals surface area contributed by atoms with Crippen LogP contribution in [0.3, 0.4) is 0 Å². The van der Waals surface area contributed by atoms with Crippen molar-refractivity contribution in [1.82, 2.24) is 4.31 Å². The van der Waals surface area contributed by atoms with Crippen molar-refractivity contribution in [3.63, 3.8) is 0 Å². The summed E-state index contributed by atoms with van der Waals surface area (Å²) in [5.41, 5.74) is 5.99. The third-order valence-electron chi connectivity index (χ3n) is 3.34. The van der Waals surface area contributed by atoms with E-state index in [9.17, 15) is 12.8 Å². The predicted octanol–water partition coefficient (Wildman–Crippen LogP) is 1.53. The summed E-state index contributed by atoms with van der Waals surface area (Å²) in [6.45, 7) is 3.04. The number of benzene rings is 1. The summed E-state index contributed by atoms with van der Waals surface area (Å²) in [4.78, 5) is 0.182. The van der Waals surface area contributed by atoms with Crippen molar-refractivity contribution in [3.05, 3.63) is 29.6 Å². The first-order chi connectivity index (χ1) is 8.45. The van der Waals surface area contributed by atoms with Crippen LogP contribution in [0.1, 0.15) is 12.0 Å². The fourth-order valence-electron chi connectivity index (χ4n) is 2.25. The molecule has 1 heterocycles. The average molecular weight is 309 g/mol. The molecule has 0 spiro atoms. The maximum atomic E-state index is 13.0. The van der Waals surface area contributed by atoms with Crippen LogP contribution in [-0.2, 0) is 10.0 Å². The zero-order chi connectivity index (χ0) is 13.3. The molecule has 19 heavy (non-hydrogen) atoms. The van der Waals surface area contributed by atoms with Crippen LogP contribution in [-0.4, -0.2) is 32.4 Å². The highest BCUT2D eigenvalue weighted by atomic mass is 35.5. The molecular weight excluding hydrogens is 291 g/mol. The van der Waals surface area contributed by atoms with Gasteiger partial charge in [0.05, 0.1) is 4.90 Å². The van der Waals surface area contributed by atoms with Crippen molar-refractivity contribution < 1.29 is 12.8 Å². The van der Waals surface area contributed by atoms with E-state index in [4.69, 9.17) is 5.73 Å². The Hall–Kier alpha value is -0.690. The number of nitrogens with two attached hydrogens (primary N) is 1. The molecule has 1 saturated heterocycles. The fourth-order valence-corrected chi connectivity index (χ4v) is 3.99. The van der Waals surface area contributed by atoms with Gasteiger partial charge in [0.2, 0.25) is 10.0 Å². The second-order valence-electron chi connectivity index (χ2n) is 4.66. The topological polar surface area (TPSA) is 63.4 Å². The number of hydrogen-bond donors (Lipinski definition) is 1. The summed E-state index contributed by atoms with van der Waals surface area (Å²) in [7, 11) is -3.52. The highest BCUT2D eigenvalue weighted by molar-refractivity contribution is 7.89. The lowest BCUT2D eigenvalue weighted by Crippen LogP contribution is -2.30. The summed E-state index contributed by atoms with van der Waals surface area (Å²) < 4.78 is 39.2. The van der Waals surface area contributed by atoms with Gasteiger partial charge in [-0.15, -0.1) is 12.4 Å². The van der Waals surface area contributed by atoms with Crippen LogP contribution in [0.4, 0.5) is 4.39 Å². The first-order valence-corrected chi connectivity index (χ1v) is 7.35. The Bertz CT molecular complexity index is 551. The Kier molecular flexibility index (Phi) is 5.32. The lowest BCUT2D eigenvalue weighted by molar-refractivity contribution is 0.458. The molecule has 0 bridgehead atoms.